The average molecular weight is 567 g/mol. The molecule has 0 spiro atoms. The van der Waals surface area contributed by atoms with Crippen LogP contribution in [0, 0.1) is 5.41 Å². The molecule has 3 amide bonds. The van der Waals surface area contributed by atoms with Crippen LogP contribution in [-0.4, -0.2) is 89.2 Å². The topological polar surface area (TPSA) is 185 Å². The van der Waals surface area contributed by atoms with Gasteiger partial charge in [0, 0.05) is 29.1 Å². The van der Waals surface area contributed by atoms with E-state index in [1.165, 1.54) is 50.7 Å². The van der Waals surface area contributed by atoms with Crippen LogP contribution in [0.5, 0.6) is 0 Å². The van der Waals surface area contributed by atoms with Crippen LogP contribution in [0.4, 0.5) is 5.82 Å². The Labute approximate surface area is 222 Å². The number of rotatable bonds is 6. The molecule has 0 radical (unpaired) electrons. The number of fused-ring (bicyclic) bond motifs is 2. The molecule has 5 N–H and O–H groups in total. The second kappa shape index (κ2) is 9.32. The molecule has 2 saturated heterocycles. The molecule has 2 fully saturated rings. The third-order valence-electron chi connectivity index (χ3n) is 6.32. The Kier molecular flexibility index (Phi) is 6.43. The van der Waals surface area contributed by atoms with Gasteiger partial charge in [0.25, 0.3) is 0 Å². The lowest BCUT2D eigenvalue weighted by Gasteiger charge is -2.55. The van der Waals surface area contributed by atoms with E-state index in [-0.39, 0.29) is 23.9 Å². The lowest BCUT2D eigenvalue weighted by molar-refractivity contribution is -0.156. The number of carbonyl (C=O) groups excluding carboxylic acids is 3. The fourth-order valence-corrected chi connectivity index (χ4v) is 7.82. The maximum atomic E-state index is 13.2. The Balaban J connectivity index is 1.34. The number of primary amides is 1. The number of carboxylic acids is 1. The number of allylic oxidation sites excluding steroid dienone is 2. The van der Waals surface area contributed by atoms with Crippen molar-refractivity contribution >= 4 is 70.1 Å². The number of carbonyl (C=O) groups is 4. The van der Waals surface area contributed by atoms with E-state index in [2.05, 4.69) is 15.5 Å². The number of aliphatic carboxylic acids is 1. The molecular formula is C20H22N8O6S3. The summed E-state index contributed by atoms with van der Waals surface area (Å²) in [4.78, 5) is 60.8. The molecule has 4 aliphatic rings. The minimum atomic E-state index is -1.29. The molecule has 5 heterocycles. The Bertz CT molecular complexity index is 1280. The van der Waals surface area contributed by atoms with Crippen molar-refractivity contribution in [3.05, 3.63) is 33.5 Å². The largest absolute Gasteiger partial charge is 0.481 e. The first-order valence-corrected chi connectivity index (χ1v) is 13.8. The van der Waals surface area contributed by atoms with E-state index in [0.29, 0.717) is 22.3 Å². The van der Waals surface area contributed by atoms with Crippen LogP contribution in [0.3, 0.4) is 0 Å². The Hall–Kier alpha value is -3.12. The summed E-state index contributed by atoms with van der Waals surface area (Å²) in [5.41, 5.74) is 9.33. The molecule has 14 nitrogen and oxygen atoms in total. The van der Waals surface area contributed by atoms with Crippen LogP contribution in [0.15, 0.2) is 38.5 Å². The van der Waals surface area contributed by atoms with Crippen LogP contribution in [-0.2, 0) is 19.2 Å². The maximum absolute atomic E-state index is 13.2. The molecule has 3 atom stereocenters. The maximum Gasteiger partial charge on any atom is 0.318 e. The second-order valence-corrected chi connectivity index (χ2v) is 11.6. The van der Waals surface area contributed by atoms with Gasteiger partial charge in [-0.1, -0.05) is 0 Å². The van der Waals surface area contributed by atoms with Crippen LogP contribution >= 0.6 is 34.9 Å². The normalized spacial score (nSPS) is 26.8. The summed E-state index contributed by atoms with van der Waals surface area (Å²) in [5, 5.41) is 24.3. The van der Waals surface area contributed by atoms with Gasteiger partial charge in [-0.25, -0.2) is 15.0 Å². The van der Waals surface area contributed by atoms with Gasteiger partial charge in [0.2, 0.25) is 5.91 Å². The number of hydroxylamine groups is 1. The summed E-state index contributed by atoms with van der Waals surface area (Å²) in [6.45, 7) is 3.42. The summed E-state index contributed by atoms with van der Waals surface area (Å²) in [6.07, 6.45) is 1.77. The molecule has 37 heavy (non-hydrogen) atoms. The van der Waals surface area contributed by atoms with E-state index < -0.39 is 40.5 Å². The van der Waals surface area contributed by atoms with Crippen molar-refractivity contribution in [2.24, 2.45) is 16.1 Å². The predicted octanol–water partition coefficient (Wildman–Crippen LogP) is -0.0194. The van der Waals surface area contributed by atoms with Crippen LogP contribution in [0.2, 0.25) is 0 Å². The summed E-state index contributed by atoms with van der Waals surface area (Å²) in [6, 6.07) is -1.01. The Morgan fingerprint density at radius 2 is 2.14 bits per heavy atom. The van der Waals surface area contributed by atoms with Gasteiger partial charge in [0.1, 0.15) is 28.3 Å². The molecule has 1 aromatic heterocycles. The van der Waals surface area contributed by atoms with Gasteiger partial charge < -0.3 is 15.7 Å². The first-order valence-electron chi connectivity index (χ1n) is 10.9. The fourth-order valence-electron chi connectivity index (χ4n) is 4.32. The molecule has 0 aliphatic carbocycles. The molecule has 5 rings (SSSR count). The number of hydrogen-bond acceptors (Lipinski definition) is 13. The summed E-state index contributed by atoms with van der Waals surface area (Å²) in [5.74, 6) is -2.86. The number of β-lactam (4-membered cyclic amide) rings is 1. The van der Waals surface area contributed by atoms with Crippen LogP contribution < -0.4 is 16.2 Å². The highest BCUT2D eigenvalue weighted by molar-refractivity contribution is 8.03. The van der Waals surface area contributed by atoms with Crippen molar-refractivity contribution < 1.29 is 29.5 Å². The SMILES string of the molecule is CC1=NC2=C(C)N(O)NN2C(SCC2(C(=O)O)CS[C@@H]3C(N(C(=O)C(N)=O)c4cscn4)C(=O)N3C2)=C1. The van der Waals surface area contributed by atoms with Crippen molar-refractivity contribution in [3.8, 4) is 0 Å². The van der Waals surface area contributed by atoms with E-state index in [4.69, 9.17) is 5.73 Å². The molecule has 17 heteroatoms. The molecule has 0 aromatic carbocycles. The monoisotopic (exact) mass is 566 g/mol. The first-order chi connectivity index (χ1) is 17.5. The number of hydrazine groups is 2. The summed E-state index contributed by atoms with van der Waals surface area (Å²) in [7, 11) is 0. The number of nitrogens with zero attached hydrogens (tertiary/aromatic N) is 6. The van der Waals surface area contributed by atoms with Gasteiger partial charge >= 0.3 is 17.8 Å². The highest BCUT2D eigenvalue weighted by Gasteiger charge is 2.60. The number of carboxylic acid groups (broad SMARTS) is 1. The molecule has 1 aromatic rings. The molecule has 196 valence electrons. The highest BCUT2D eigenvalue weighted by atomic mass is 32.2. The highest BCUT2D eigenvalue weighted by Crippen LogP contribution is 2.47. The van der Waals surface area contributed by atoms with E-state index in [1.807, 2.05) is 0 Å². The lowest BCUT2D eigenvalue weighted by Crippen LogP contribution is -2.75. The number of nitrogens with two attached hydrogens (primary N) is 1. The zero-order valence-electron chi connectivity index (χ0n) is 19.5. The minimum Gasteiger partial charge on any atom is -0.481 e. The van der Waals surface area contributed by atoms with Crippen molar-refractivity contribution in [1.29, 1.82) is 0 Å². The van der Waals surface area contributed by atoms with E-state index in [0.717, 1.165) is 10.1 Å². The Morgan fingerprint density at radius 1 is 1.38 bits per heavy atom. The van der Waals surface area contributed by atoms with Gasteiger partial charge in [0.15, 0.2) is 5.82 Å². The van der Waals surface area contributed by atoms with Crippen molar-refractivity contribution in [2.45, 2.75) is 25.3 Å². The molecular weight excluding hydrogens is 544 g/mol. The third kappa shape index (κ3) is 4.15. The number of hydrogen-bond donors (Lipinski definition) is 4. The smallest absolute Gasteiger partial charge is 0.318 e. The number of thioether (sulfide) groups is 2. The van der Waals surface area contributed by atoms with Crippen molar-refractivity contribution in [2.75, 3.05) is 23.0 Å². The lowest BCUT2D eigenvalue weighted by atomic mass is 9.89. The number of thiazole rings is 1. The van der Waals surface area contributed by atoms with E-state index >= 15 is 0 Å². The zero-order chi connectivity index (χ0) is 26.6. The van der Waals surface area contributed by atoms with Crippen molar-refractivity contribution in [3.63, 3.8) is 0 Å². The number of aliphatic imine (C=N–C) groups is 1. The summed E-state index contributed by atoms with van der Waals surface area (Å²) < 4.78 is 0. The van der Waals surface area contributed by atoms with Gasteiger partial charge in [-0.2, -0.15) is 5.17 Å². The van der Waals surface area contributed by atoms with Gasteiger partial charge in [-0.3, -0.25) is 29.3 Å². The molecule has 0 saturated carbocycles. The number of nitrogens with one attached hydrogen (secondary N) is 1. The number of anilines is 1. The van der Waals surface area contributed by atoms with Gasteiger partial charge in [0.05, 0.1) is 10.5 Å². The second-order valence-electron chi connectivity index (χ2n) is 8.76. The third-order valence-corrected chi connectivity index (χ3v) is 9.76. The summed E-state index contributed by atoms with van der Waals surface area (Å²) >= 11 is 3.69. The van der Waals surface area contributed by atoms with Crippen LogP contribution in [0.1, 0.15) is 13.8 Å². The zero-order valence-corrected chi connectivity index (χ0v) is 22.0. The average Bonchev–Trinajstić information content (AvgIpc) is 3.49. The molecule has 4 aliphatic heterocycles. The van der Waals surface area contributed by atoms with Crippen molar-refractivity contribution in [1.82, 2.24) is 25.6 Å². The van der Waals surface area contributed by atoms with Crippen LogP contribution in [0.25, 0.3) is 0 Å². The quantitative estimate of drug-likeness (QED) is 0.267. The fraction of sp³-hybridized carbons (Fsp3) is 0.400. The van der Waals surface area contributed by atoms with E-state index in [1.54, 1.807) is 24.9 Å². The Morgan fingerprint density at radius 3 is 2.78 bits per heavy atom. The number of amides is 3. The predicted molar refractivity (Wildman–Crippen MR) is 136 cm³/mol. The van der Waals surface area contributed by atoms with Gasteiger partial charge in [-0.05, 0) is 19.9 Å². The van der Waals surface area contributed by atoms with E-state index in [9.17, 15) is 29.5 Å². The number of aromatic nitrogens is 1. The minimum absolute atomic E-state index is 0.0698. The standard InChI is InChI=1S/C20H22N8O6S3/c1-9-3-12(27-15(23-9)10(2)28(34)24-27)36-6-20(19(32)33)5-25-16(30)13(18(25)37-7-20)26(17(31)14(21)29)11-4-35-8-22-11/h3-4,8,13,18,24,34H,5-7H2,1-2H3,(H2,21,29)(H,32,33)/t13?,18-,20?/m1/s1. The molecule has 2 unspecified atom stereocenters. The molecule has 0 bridgehead atoms. The van der Waals surface area contributed by atoms with Gasteiger partial charge in [-0.15, -0.1) is 40.4 Å². The first kappa shape index (κ1) is 25.5.